The Morgan fingerprint density at radius 2 is 0.725 bits per heavy atom. The number of aromatic nitrogens is 4. The monoisotopic (exact) mass is 1160 g/mol. The molecule has 0 aliphatic heterocycles. The number of unbranched alkanes of at least 4 members (excludes halogenated alkanes) is 15. The second kappa shape index (κ2) is 24.3. The second-order valence-corrected chi connectivity index (χ2v) is 50.5. The fourth-order valence-electron chi connectivity index (χ4n) is 13.5. The van der Waals surface area contributed by atoms with E-state index in [1.807, 2.05) is 0 Å². The topological polar surface area (TPSA) is 77.8 Å². The van der Waals surface area contributed by atoms with Crippen molar-refractivity contribution in [2.75, 3.05) is 0 Å². The molecular formula is C59H90F2N4O2Sn2. The maximum atomic E-state index is 19.8. The summed E-state index contributed by atoms with van der Waals surface area (Å²) in [6.45, 7) is 16.0. The molecule has 0 saturated carbocycles. The van der Waals surface area contributed by atoms with Gasteiger partial charge in [-0.2, -0.15) is 0 Å². The fourth-order valence-corrected chi connectivity index (χ4v) is 34.1. The molecular weight excluding hydrogens is 1070 g/mol. The summed E-state index contributed by atoms with van der Waals surface area (Å²) in [7, 11) is 0. The molecule has 0 fully saturated rings. The first-order valence-electron chi connectivity index (χ1n) is 28.6. The summed E-state index contributed by atoms with van der Waals surface area (Å²) in [5.74, 6) is -0.483. The van der Waals surface area contributed by atoms with Crippen LogP contribution in [0.3, 0.4) is 0 Å². The van der Waals surface area contributed by atoms with Crippen LogP contribution in [0.15, 0.2) is 21.4 Å². The number of hydrogen-bond acceptors (Lipinski definition) is 6. The Balaban J connectivity index is 1.65. The molecule has 2 aliphatic carbocycles. The van der Waals surface area contributed by atoms with Crippen molar-refractivity contribution in [2.24, 2.45) is 0 Å². The zero-order valence-electron chi connectivity index (χ0n) is 45.0. The van der Waals surface area contributed by atoms with E-state index in [-0.39, 0.29) is 11.6 Å². The van der Waals surface area contributed by atoms with Crippen LogP contribution in [0.1, 0.15) is 238 Å². The molecule has 5 aromatic rings. The normalized spacial score (nSPS) is 14.8. The summed E-state index contributed by atoms with van der Waals surface area (Å²) in [6, 6.07) is 4.92. The van der Waals surface area contributed by atoms with Gasteiger partial charge in [0.25, 0.3) is 0 Å². The molecule has 0 saturated heterocycles. The Hall–Kier alpha value is -2.08. The average molecular weight is 1160 g/mol. The number of fused-ring (bicyclic) bond motifs is 10. The van der Waals surface area contributed by atoms with Crippen molar-refractivity contribution in [1.29, 1.82) is 0 Å². The molecule has 0 radical (unpaired) electrons. The van der Waals surface area contributed by atoms with Crippen LogP contribution in [0.5, 0.6) is 0 Å². The molecule has 380 valence electrons. The number of benzene rings is 3. The first-order valence-corrected chi connectivity index (χ1v) is 46.1. The summed E-state index contributed by atoms with van der Waals surface area (Å²) in [4.78, 5) is 7.23. The fraction of sp³-hybridized carbons (Fsp3) is 0.695. The van der Waals surface area contributed by atoms with Gasteiger partial charge in [0.1, 0.15) is 0 Å². The van der Waals surface area contributed by atoms with Crippen molar-refractivity contribution in [2.45, 2.75) is 254 Å². The predicted octanol–water partition coefficient (Wildman–Crippen LogP) is 18.1. The minimum atomic E-state index is -3.30. The van der Waals surface area contributed by atoms with E-state index in [0.717, 1.165) is 181 Å². The van der Waals surface area contributed by atoms with Gasteiger partial charge in [0.2, 0.25) is 0 Å². The van der Waals surface area contributed by atoms with Crippen molar-refractivity contribution >= 4 is 66.0 Å². The van der Waals surface area contributed by atoms with Crippen molar-refractivity contribution in [3.63, 3.8) is 0 Å². The molecule has 0 unspecified atom stereocenters. The maximum absolute atomic E-state index is 19.8. The summed E-state index contributed by atoms with van der Waals surface area (Å²) in [6.07, 6.45) is 27.1. The van der Waals surface area contributed by atoms with Crippen molar-refractivity contribution in [1.82, 2.24) is 20.6 Å². The van der Waals surface area contributed by atoms with E-state index < -0.39 is 47.6 Å². The molecule has 2 aromatic heterocycles. The molecule has 0 amide bonds. The van der Waals surface area contributed by atoms with Gasteiger partial charge in [0, 0.05) is 0 Å². The zero-order valence-corrected chi connectivity index (χ0v) is 50.7. The third-order valence-corrected chi connectivity index (χ3v) is 38.4. The van der Waals surface area contributed by atoms with E-state index in [0.29, 0.717) is 33.3 Å². The Labute approximate surface area is 424 Å². The molecule has 7 rings (SSSR count). The van der Waals surface area contributed by atoms with Gasteiger partial charge in [-0.15, -0.1) is 0 Å². The SMILES string of the molecule is CCCCCCC1(CCCCCC)c2c[c]([Sn]([CH3])([CH3])[CH3])c3nonc3c2-c2c(F)c3c(c(F)c21)-c1c(c[c]([Sn]([CH2]CCC)([CH2]CCC)[CH2]CCC)c2nonc12)C3(CCCCCC)CCCCCC. The molecule has 6 nitrogen and oxygen atoms in total. The molecule has 0 bridgehead atoms. The van der Waals surface area contributed by atoms with E-state index in [1.165, 1.54) is 39.7 Å². The molecule has 69 heavy (non-hydrogen) atoms. The van der Waals surface area contributed by atoms with Crippen LogP contribution in [0.2, 0.25) is 28.1 Å². The third-order valence-electron chi connectivity index (χ3n) is 17.2. The van der Waals surface area contributed by atoms with Crippen LogP contribution in [0.4, 0.5) is 8.78 Å². The van der Waals surface area contributed by atoms with Gasteiger partial charge in [0.05, 0.1) is 0 Å². The Kier molecular flexibility index (Phi) is 19.3. The van der Waals surface area contributed by atoms with Gasteiger partial charge < -0.3 is 0 Å². The van der Waals surface area contributed by atoms with Gasteiger partial charge in [-0.1, -0.05) is 0 Å². The molecule has 2 aliphatic rings. The van der Waals surface area contributed by atoms with Crippen LogP contribution in [-0.4, -0.2) is 57.4 Å². The van der Waals surface area contributed by atoms with Crippen LogP contribution < -0.4 is 7.16 Å². The molecule has 0 N–H and O–H groups in total. The Morgan fingerprint density at radius 3 is 1.06 bits per heavy atom. The van der Waals surface area contributed by atoms with Crippen LogP contribution >= 0.6 is 0 Å². The summed E-state index contributed by atoms with van der Waals surface area (Å²) >= 11 is -6.25. The van der Waals surface area contributed by atoms with Gasteiger partial charge in [0.15, 0.2) is 0 Å². The van der Waals surface area contributed by atoms with E-state index in [9.17, 15) is 0 Å². The molecule has 2 heterocycles. The van der Waals surface area contributed by atoms with Crippen LogP contribution in [0.25, 0.3) is 44.3 Å². The number of rotatable bonds is 31. The van der Waals surface area contributed by atoms with Gasteiger partial charge in [-0.05, 0) is 0 Å². The standard InChI is InChI=1S/C44H54F2N4O2.3C4H9.3CH3.2Sn/c1-5-9-13-17-25-43(26-18-14-10-6-2)29-21-23-31-41(49-51-47-31)33(29)35-37(43)39(45)36-34-30(22-24-32-42(34)50-52-48-32)44(38(36)40(35)46,27-19-15-11-7-3)28-20-16-12-8-4;3*1-3-4-2;;;;;/h21-22H,5-20,25-28H2,1-4H3;3*1,3-4H2,2H3;3*1H3;;. The number of hydrogen-bond donors (Lipinski definition) is 0. The van der Waals surface area contributed by atoms with Gasteiger partial charge in [-0.3, -0.25) is 0 Å². The van der Waals surface area contributed by atoms with Crippen LogP contribution in [0, 0.1) is 11.6 Å². The van der Waals surface area contributed by atoms with Crippen molar-refractivity contribution in [3.8, 4) is 22.3 Å². The van der Waals surface area contributed by atoms with E-state index >= 15 is 8.78 Å². The summed E-state index contributed by atoms with van der Waals surface area (Å²) < 4.78 is 57.7. The average Bonchev–Trinajstić information content (AvgIpc) is 4.14. The summed E-state index contributed by atoms with van der Waals surface area (Å²) in [5, 5.41) is 19.1. The van der Waals surface area contributed by atoms with Crippen molar-refractivity contribution < 1.29 is 18.0 Å². The quantitative estimate of drug-likeness (QED) is 0.0325. The minimum absolute atomic E-state index is 0.242. The molecule has 0 atom stereocenters. The predicted molar refractivity (Wildman–Crippen MR) is 292 cm³/mol. The van der Waals surface area contributed by atoms with E-state index in [4.69, 9.17) is 24.7 Å². The molecule has 0 spiro atoms. The molecule has 10 heteroatoms. The van der Waals surface area contributed by atoms with E-state index in [2.05, 4.69) is 80.6 Å². The number of nitrogens with zero attached hydrogens (tertiary/aromatic N) is 4. The van der Waals surface area contributed by atoms with Gasteiger partial charge >= 0.3 is 427 Å². The van der Waals surface area contributed by atoms with Crippen molar-refractivity contribution in [3.05, 3.63) is 46.0 Å². The third kappa shape index (κ3) is 10.4. The Morgan fingerprint density at radius 1 is 0.406 bits per heavy atom. The zero-order chi connectivity index (χ0) is 49.4. The van der Waals surface area contributed by atoms with E-state index in [1.54, 1.807) is 0 Å². The number of halogens is 2. The first-order chi connectivity index (χ1) is 33.4. The molecule has 3 aromatic carbocycles. The van der Waals surface area contributed by atoms with Crippen LogP contribution in [-0.2, 0) is 10.8 Å². The Bertz CT molecular complexity index is 2440. The second-order valence-electron chi connectivity index (χ2n) is 23.0. The first kappa shape index (κ1) is 54.7. The summed E-state index contributed by atoms with van der Waals surface area (Å²) in [5.41, 5.74) is 7.18. The van der Waals surface area contributed by atoms with Gasteiger partial charge in [-0.25, -0.2) is 0 Å².